The predicted molar refractivity (Wildman–Crippen MR) is 223 cm³/mol. The zero-order chi connectivity index (χ0) is 36.7. The third-order valence-electron chi connectivity index (χ3n) is 10.1. The van der Waals surface area contributed by atoms with Gasteiger partial charge in [0.05, 0.1) is 27.9 Å². The molecule has 10 rings (SSSR count). The van der Waals surface area contributed by atoms with Crippen LogP contribution >= 0.6 is 0 Å². The van der Waals surface area contributed by atoms with Crippen LogP contribution in [0.25, 0.3) is 101 Å². The molecule has 6 aromatic carbocycles. The number of benzene rings is 6. The first kappa shape index (κ1) is 32.2. The average molecular weight is 705 g/mol. The van der Waals surface area contributed by atoms with E-state index in [0.717, 1.165) is 83.0 Å². The summed E-state index contributed by atoms with van der Waals surface area (Å²) >= 11 is 0. The maximum Gasteiger partial charge on any atom is 0.164 e. The van der Waals surface area contributed by atoms with Crippen molar-refractivity contribution in [3.8, 4) is 67.8 Å². The molecule has 0 amide bonds. The molecule has 0 bridgehead atoms. The van der Waals surface area contributed by atoms with E-state index in [2.05, 4.69) is 110 Å². The van der Waals surface area contributed by atoms with E-state index < -0.39 is 0 Å². The standard InChI is InChI=1S/C49H32N6/c1-31-29-43(32-11-4-2-5-12-32)52-46-40(31)26-24-35-25-27-42(51-45(35)46)33-20-22-37(23-21-33)48-53-47(36-13-6-3-7-14-36)54-49(55-48)39-17-8-16-38(30-39)41-19-9-15-34-18-10-28-50-44(34)41/h2-30H,1H3. The first-order valence-corrected chi connectivity index (χ1v) is 18.3. The minimum absolute atomic E-state index is 0.596. The van der Waals surface area contributed by atoms with Crippen molar-refractivity contribution in [3.63, 3.8) is 0 Å². The second kappa shape index (κ2) is 13.5. The molecule has 0 aliphatic carbocycles. The monoisotopic (exact) mass is 704 g/mol. The highest BCUT2D eigenvalue weighted by atomic mass is 15.0. The third kappa shape index (κ3) is 6.06. The van der Waals surface area contributed by atoms with Crippen LogP contribution in [0.5, 0.6) is 0 Å². The Morgan fingerprint density at radius 3 is 1.69 bits per heavy atom. The molecule has 0 saturated heterocycles. The molecule has 0 aliphatic heterocycles. The summed E-state index contributed by atoms with van der Waals surface area (Å²) in [6.07, 6.45) is 1.84. The largest absolute Gasteiger partial charge is 0.256 e. The van der Waals surface area contributed by atoms with Crippen LogP contribution in [0.1, 0.15) is 5.56 Å². The van der Waals surface area contributed by atoms with Gasteiger partial charge in [0.2, 0.25) is 0 Å². The van der Waals surface area contributed by atoms with Crippen molar-refractivity contribution in [1.82, 2.24) is 29.9 Å². The van der Waals surface area contributed by atoms with E-state index in [4.69, 9.17) is 29.9 Å². The summed E-state index contributed by atoms with van der Waals surface area (Å²) in [5, 5.41) is 3.25. The smallest absolute Gasteiger partial charge is 0.164 e. The van der Waals surface area contributed by atoms with Crippen molar-refractivity contribution < 1.29 is 0 Å². The lowest BCUT2D eigenvalue weighted by Crippen LogP contribution is -2.00. The highest BCUT2D eigenvalue weighted by molar-refractivity contribution is 6.05. The Bertz CT molecular complexity index is 3030. The Kier molecular flexibility index (Phi) is 7.92. The van der Waals surface area contributed by atoms with Gasteiger partial charge in [0.1, 0.15) is 0 Å². The van der Waals surface area contributed by atoms with Crippen LogP contribution in [0.4, 0.5) is 0 Å². The van der Waals surface area contributed by atoms with Gasteiger partial charge in [-0.25, -0.2) is 24.9 Å². The summed E-state index contributed by atoms with van der Waals surface area (Å²) in [4.78, 5) is 30.1. The van der Waals surface area contributed by atoms with Crippen LogP contribution in [0, 0.1) is 6.92 Å². The highest BCUT2D eigenvalue weighted by Gasteiger charge is 2.15. The molecule has 0 spiro atoms. The maximum atomic E-state index is 5.20. The molecule has 4 aromatic heterocycles. The van der Waals surface area contributed by atoms with Crippen LogP contribution in [0.15, 0.2) is 176 Å². The number of hydrogen-bond acceptors (Lipinski definition) is 6. The SMILES string of the molecule is Cc1cc(-c2ccccc2)nc2c1ccc1ccc(-c3ccc(-c4nc(-c5ccccc5)nc(-c5cccc(-c6cccc7cccnc67)c5)n4)cc3)nc12. The van der Waals surface area contributed by atoms with E-state index in [-0.39, 0.29) is 0 Å². The van der Waals surface area contributed by atoms with Crippen molar-refractivity contribution in [2.24, 2.45) is 0 Å². The van der Waals surface area contributed by atoms with Crippen molar-refractivity contribution in [2.75, 3.05) is 0 Å². The number of hydrogen-bond donors (Lipinski definition) is 0. The second-order valence-electron chi connectivity index (χ2n) is 13.6. The summed E-state index contributed by atoms with van der Waals surface area (Å²) in [6, 6.07) is 57.9. The third-order valence-corrected chi connectivity index (χ3v) is 10.1. The number of aromatic nitrogens is 6. The normalized spacial score (nSPS) is 11.4. The Morgan fingerprint density at radius 2 is 0.909 bits per heavy atom. The fraction of sp³-hybridized carbons (Fsp3) is 0.0204. The molecule has 0 saturated carbocycles. The molecule has 10 aromatic rings. The fourth-order valence-electron chi connectivity index (χ4n) is 7.26. The van der Waals surface area contributed by atoms with Crippen molar-refractivity contribution in [3.05, 3.63) is 182 Å². The topological polar surface area (TPSA) is 77.3 Å². The number of para-hydroxylation sites is 1. The molecule has 0 atom stereocenters. The van der Waals surface area contributed by atoms with Gasteiger partial charge in [-0.1, -0.05) is 146 Å². The van der Waals surface area contributed by atoms with Crippen LogP contribution in [0.2, 0.25) is 0 Å². The van der Waals surface area contributed by atoms with Gasteiger partial charge < -0.3 is 0 Å². The minimum atomic E-state index is 0.596. The van der Waals surface area contributed by atoms with Gasteiger partial charge in [0.15, 0.2) is 17.5 Å². The number of fused-ring (bicyclic) bond motifs is 4. The molecule has 0 fully saturated rings. The Hall–Kier alpha value is -7.44. The van der Waals surface area contributed by atoms with E-state index in [1.807, 2.05) is 72.9 Å². The maximum absolute atomic E-state index is 5.20. The van der Waals surface area contributed by atoms with E-state index >= 15 is 0 Å². The zero-order valence-electron chi connectivity index (χ0n) is 29.9. The molecule has 0 unspecified atom stereocenters. The van der Waals surface area contributed by atoms with E-state index in [9.17, 15) is 0 Å². The predicted octanol–water partition coefficient (Wildman–Crippen LogP) is 11.8. The second-order valence-corrected chi connectivity index (χ2v) is 13.6. The average Bonchev–Trinajstić information content (AvgIpc) is 3.26. The Balaban J connectivity index is 1.05. The Morgan fingerprint density at radius 1 is 0.345 bits per heavy atom. The lowest BCUT2D eigenvalue weighted by atomic mass is 10.00. The summed E-state index contributed by atoms with van der Waals surface area (Å²) in [6.45, 7) is 2.14. The quantitative estimate of drug-likeness (QED) is 0.160. The number of pyridine rings is 3. The van der Waals surface area contributed by atoms with Crippen LogP contribution in [-0.4, -0.2) is 29.9 Å². The summed E-state index contributed by atoms with van der Waals surface area (Å²) in [7, 11) is 0. The van der Waals surface area contributed by atoms with Gasteiger partial charge in [-0.05, 0) is 42.3 Å². The Labute approximate surface area is 318 Å². The van der Waals surface area contributed by atoms with Crippen LogP contribution in [-0.2, 0) is 0 Å². The number of rotatable bonds is 6. The first-order chi connectivity index (χ1) is 27.1. The van der Waals surface area contributed by atoms with Crippen LogP contribution in [0.3, 0.4) is 0 Å². The van der Waals surface area contributed by atoms with Crippen LogP contribution < -0.4 is 0 Å². The van der Waals surface area contributed by atoms with Gasteiger partial charge in [-0.15, -0.1) is 0 Å². The van der Waals surface area contributed by atoms with Crippen molar-refractivity contribution in [1.29, 1.82) is 0 Å². The molecule has 6 heteroatoms. The van der Waals surface area contributed by atoms with Gasteiger partial charge in [0, 0.05) is 55.7 Å². The van der Waals surface area contributed by atoms with E-state index in [1.165, 1.54) is 5.56 Å². The minimum Gasteiger partial charge on any atom is -0.256 e. The van der Waals surface area contributed by atoms with Gasteiger partial charge in [0.25, 0.3) is 0 Å². The molecular formula is C49H32N6. The molecule has 55 heavy (non-hydrogen) atoms. The highest BCUT2D eigenvalue weighted by Crippen LogP contribution is 2.33. The van der Waals surface area contributed by atoms with Gasteiger partial charge in [-0.2, -0.15) is 0 Å². The molecular weight excluding hydrogens is 673 g/mol. The lowest BCUT2D eigenvalue weighted by molar-refractivity contribution is 1.07. The molecule has 0 aliphatic rings. The molecule has 6 nitrogen and oxygen atoms in total. The van der Waals surface area contributed by atoms with E-state index in [1.54, 1.807) is 0 Å². The summed E-state index contributed by atoms with van der Waals surface area (Å²) in [5.41, 5.74) is 12.6. The van der Waals surface area contributed by atoms with Crippen molar-refractivity contribution in [2.45, 2.75) is 6.92 Å². The molecule has 258 valence electrons. The molecule has 0 radical (unpaired) electrons. The zero-order valence-corrected chi connectivity index (χ0v) is 29.9. The molecule has 4 heterocycles. The van der Waals surface area contributed by atoms with Gasteiger partial charge >= 0.3 is 0 Å². The summed E-state index contributed by atoms with van der Waals surface area (Å²) < 4.78 is 0. The molecule has 0 N–H and O–H groups in total. The number of aryl methyl sites for hydroxylation is 1. The first-order valence-electron chi connectivity index (χ1n) is 18.3. The van der Waals surface area contributed by atoms with E-state index in [0.29, 0.717) is 17.5 Å². The van der Waals surface area contributed by atoms with Crippen molar-refractivity contribution >= 4 is 32.7 Å². The lowest BCUT2D eigenvalue weighted by Gasteiger charge is -2.11. The van der Waals surface area contributed by atoms with Gasteiger partial charge in [-0.3, -0.25) is 4.98 Å². The number of nitrogens with zero attached hydrogens (tertiary/aromatic N) is 6. The summed E-state index contributed by atoms with van der Waals surface area (Å²) in [5.74, 6) is 1.81. The fourth-order valence-corrected chi connectivity index (χ4v) is 7.26.